The average molecular weight is 324 g/mol. The first-order chi connectivity index (χ1) is 10.6. The number of nitrogens with one attached hydrogen (secondary N) is 1. The molecule has 1 aliphatic heterocycles. The Morgan fingerprint density at radius 1 is 1.27 bits per heavy atom. The molecule has 2 fully saturated rings. The van der Waals surface area contributed by atoms with Crippen LogP contribution in [0.5, 0.6) is 0 Å². The highest BCUT2D eigenvalue weighted by Gasteiger charge is 2.47. The van der Waals surface area contributed by atoms with Gasteiger partial charge >= 0.3 is 5.97 Å². The van der Waals surface area contributed by atoms with E-state index in [1.807, 2.05) is 0 Å². The lowest BCUT2D eigenvalue weighted by atomic mass is 9.93. The molecule has 1 saturated carbocycles. The molecule has 6 heteroatoms. The summed E-state index contributed by atoms with van der Waals surface area (Å²) < 4.78 is 5.35. The number of hydrogen-bond acceptors (Lipinski definition) is 3. The van der Waals surface area contributed by atoms with Crippen LogP contribution in [0.2, 0.25) is 5.02 Å². The number of benzene rings is 1. The number of anilines is 1. The minimum Gasteiger partial charge on any atom is -0.478 e. The van der Waals surface area contributed by atoms with E-state index in [2.05, 4.69) is 5.32 Å². The molecule has 0 aromatic heterocycles. The Kier molecular flexibility index (Phi) is 4.36. The summed E-state index contributed by atoms with van der Waals surface area (Å²) in [7, 11) is 0. The maximum Gasteiger partial charge on any atom is 0.337 e. The van der Waals surface area contributed by atoms with Crippen molar-refractivity contribution < 1.29 is 19.4 Å². The van der Waals surface area contributed by atoms with Crippen LogP contribution in [0.25, 0.3) is 0 Å². The molecular formula is C16H18ClNO4. The summed E-state index contributed by atoms with van der Waals surface area (Å²) in [5.74, 6) is -0.0887. The molecule has 0 radical (unpaired) electrons. The lowest BCUT2D eigenvalue weighted by Crippen LogP contribution is -2.21. The van der Waals surface area contributed by atoms with E-state index < -0.39 is 5.97 Å². The standard InChI is InChI=1S/C16H18ClNO4/c17-14-2-1-10(7-13(14)16(20)21)18-15(19)12-8-11(12)9-3-5-22-6-4-9/h1-2,7,9,11-12H,3-6,8H2,(H,18,19)(H,20,21)/t11-,12+/m0/s1. The van der Waals surface area contributed by atoms with Gasteiger partial charge < -0.3 is 15.2 Å². The highest BCUT2D eigenvalue weighted by Crippen LogP contribution is 2.48. The summed E-state index contributed by atoms with van der Waals surface area (Å²) in [6.45, 7) is 1.57. The first-order valence-electron chi connectivity index (χ1n) is 7.47. The van der Waals surface area contributed by atoms with Gasteiger partial charge in [0.25, 0.3) is 0 Å². The molecule has 1 heterocycles. The smallest absolute Gasteiger partial charge is 0.337 e. The molecule has 1 saturated heterocycles. The Balaban J connectivity index is 1.61. The van der Waals surface area contributed by atoms with Gasteiger partial charge in [0, 0.05) is 24.8 Å². The van der Waals surface area contributed by atoms with Crippen molar-refractivity contribution in [1.82, 2.24) is 0 Å². The van der Waals surface area contributed by atoms with E-state index in [1.165, 1.54) is 12.1 Å². The Morgan fingerprint density at radius 2 is 2.00 bits per heavy atom. The number of amides is 1. The number of carbonyl (C=O) groups is 2. The van der Waals surface area contributed by atoms with Crippen LogP contribution in [0, 0.1) is 17.8 Å². The van der Waals surface area contributed by atoms with Gasteiger partial charge in [-0.05, 0) is 49.3 Å². The number of aromatic carboxylic acids is 1. The number of ether oxygens (including phenoxy) is 1. The second-order valence-corrected chi connectivity index (χ2v) is 6.35. The van der Waals surface area contributed by atoms with E-state index in [4.69, 9.17) is 21.4 Å². The van der Waals surface area contributed by atoms with Gasteiger partial charge in [-0.1, -0.05) is 11.6 Å². The highest BCUT2D eigenvalue weighted by atomic mass is 35.5. The number of carboxylic acids is 1. The molecule has 118 valence electrons. The predicted molar refractivity (Wildman–Crippen MR) is 82.2 cm³/mol. The maximum atomic E-state index is 12.3. The van der Waals surface area contributed by atoms with Gasteiger partial charge in [0.2, 0.25) is 5.91 Å². The number of hydrogen-bond donors (Lipinski definition) is 2. The first-order valence-corrected chi connectivity index (χ1v) is 7.85. The van der Waals surface area contributed by atoms with Gasteiger partial charge in [-0.2, -0.15) is 0 Å². The molecule has 22 heavy (non-hydrogen) atoms. The molecule has 0 unspecified atom stereocenters. The molecule has 0 bridgehead atoms. The molecule has 1 amide bonds. The molecular weight excluding hydrogens is 306 g/mol. The van der Waals surface area contributed by atoms with Gasteiger partial charge in [0.05, 0.1) is 10.6 Å². The van der Waals surface area contributed by atoms with Crippen LogP contribution >= 0.6 is 11.6 Å². The summed E-state index contributed by atoms with van der Waals surface area (Å²) in [6, 6.07) is 4.51. The largest absolute Gasteiger partial charge is 0.478 e. The van der Waals surface area contributed by atoms with Gasteiger partial charge in [-0.15, -0.1) is 0 Å². The Bertz CT molecular complexity index is 598. The zero-order chi connectivity index (χ0) is 15.7. The van der Waals surface area contributed by atoms with Crippen molar-refractivity contribution in [2.24, 2.45) is 17.8 Å². The average Bonchev–Trinajstić information content (AvgIpc) is 3.30. The van der Waals surface area contributed by atoms with Crippen LogP contribution in [-0.2, 0) is 9.53 Å². The van der Waals surface area contributed by atoms with Crippen molar-refractivity contribution in [1.29, 1.82) is 0 Å². The number of carbonyl (C=O) groups excluding carboxylic acids is 1. The highest BCUT2D eigenvalue weighted by molar-refractivity contribution is 6.33. The van der Waals surface area contributed by atoms with Crippen molar-refractivity contribution in [3.63, 3.8) is 0 Å². The molecule has 0 spiro atoms. The van der Waals surface area contributed by atoms with Crippen molar-refractivity contribution in [3.8, 4) is 0 Å². The van der Waals surface area contributed by atoms with Crippen LogP contribution < -0.4 is 5.32 Å². The molecule has 5 nitrogen and oxygen atoms in total. The van der Waals surface area contributed by atoms with Crippen LogP contribution in [0.1, 0.15) is 29.6 Å². The number of carboxylic acid groups (broad SMARTS) is 1. The van der Waals surface area contributed by atoms with Crippen molar-refractivity contribution >= 4 is 29.2 Å². The second kappa shape index (κ2) is 6.26. The molecule has 2 atom stereocenters. The molecule has 1 aromatic carbocycles. The number of rotatable bonds is 4. The predicted octanol–water partition coefficient (Wildman–Crippen LogP) is 3.04. The molecule has 2 N–H and O–H groups in total. The number of halogens is 1. The van der Waals surface area contributed by atoms with E-state index in [-0.39, 0.29) is 22.4 Å². The lowest BCUT2D eigenvalue weighted by molar-refractivity contribution is -0.117. The van der Waals surface area contributed by atoms with Crippen molar-refractivity contribution in [3.05, 3.63) is 28.8 Å². The van der Waals surface area contributed by atoms with E-state index >= 15 is 0 Å². The topological polar surface area (TPSA) is 75.6 Å². The quantitative estimate of drug-likeness (QED) is 0.893. The van der Waals surface area contributed by atoms with Crippen LogP contribution in [0.15, 0.2) is 18.2 Å². The van der Waals surface area contributed by atoms with Gasteiger partial charge in [0.1, 0.15) is 0 Å². The third-order valence-corrected chi connectivity index (χ3v) is 4.84. The van der Waals surface area contributed by atoms with Gasteiger partial charge in [-0.3, -0.25) is 4.79 Å². The van der Waals surface area contributed by atoms with Crippen molar-refractivity contribution in [2.45, 2.75) is 19.3 Å². The third kappa shape index (κ3) is 3.25. The fourth-order valence-corrected chi connectivity index (χ4v) is 3.38. The summed E-state index contributed by atoms with van der Waals surface area (Å²) in [6.07, 6.45) is 2.97. The van der Waals surface area contributed by atoms with Gasteiger partial charge in [-0.25, -0.2) is 4.79 Å². The fourth-order valence-electron chi connectivity index (χ4n) is 3.18. The zero-order valence-electron chi connectivity index (χ0n) is 12.0. The summed E-state index contributed by atoms with van der Waals surface area (Å²) >= 11 is 5.82. The summed E-state index contributed by atoms with van der Waals surface area (Å²) in [4.78, 5) is 23.3. The molecule has 3 rings (SSSR count). The van der Waals surface area contributed by atoms with Gasteiger partial charge in [0.15, 0.2) is 0 Å². The second-order valence-electron chi connectivity index (χ2n) is 5.94. The van der Waals surface area contributed by atoms with E-state index in [1.54, 1.807) is 6.07 Å². The minimum atomic E-state index is -1.10. The maximum absolute atomic E-state index is 12.3. The normalized spacial score (nSPS) is 24.8. The van der Waals surface area contributed by atoms with E-state index in [0.29, 0.717) is 17.5 Å². The van der Waals surface area contributed by atoms with Crippen LogP contribution in [0.3, 0.4) is 0 Å². The fraction of sp³-hybridized carbons (Fsp3) is 0.500. The first kappa shape index (κ1) is 15.3. The summed E-state index contributed by atoms with van der Waals surface area (Å²) in [5, 5.41) is 12.0. The Labute approximate surface area is 133 Å². The third-order valence-electron chi connectivity index (χ3n) is 4.51. The molecule has 1 aliphatic carbocycles. The Morgan fingerprint density at radius 3 is 2.68 bits per heavy atom. The molecule has 1 aromatic rings. The summed E-state index contributed by atoms with van der Waals surface area (Å²) in [5.41, 5.74) is 0.473. The van der Waals surface area contributed by atoms with E-state index in [9.17, 15) is 9.59 Å². The minimum absolute atomic E-state index is 0.00348. The monoisotopic (exact) mass is 323 g/mol. The SMILES string of the molecule is O=C(O)c1cc(NC(=O)[C@@H]2C[C@H]2C2CCOCC2)ccc1Cl. The zero-order valence-corrected chi connectivity index (χ0v) is 12.8. The van der Waals surface area contributed by atoms with E-state index in [0.717, 1.165) is 32.5 Å². The van der Waals surface area contributed by atoms with Crippen LogP contribution in [0.4, 0.5) is 5.69 Å². The lowest BCUT2D eigenvalue weighted by Gasteiger charge is -2.22. The van der Waals surface area contributed by atoms with Crippen LogP contribution in [-0.4, -0.2) is 30.2 Å². The Hall–Kier alpha value is -1.59. The molecule has 2 aliphatic rings. The van der Waals surface area contributed by atoms with Crippen molar-refractivity contribution in [2.75, 3.05) is 18.5 Å².